The molecular formula is C19H29N7. The molecule has 0 aromatic carbocycles. The van der Waals surface area contributed by atoms with Gasteiger partial charge >= 0.3 is 0 Å². The smallest absolute Gasteiger partial charge is 0.245 e. The van der Waals surface area contributed by atoms with Gasteiger partial charge in [0.15, 0.2) is 0 Å². The second-order valence-corrected chi connectivity index (χ2v) is 6.96. The molecule has 0 spiro atoms. The van der Waals surface area contributed by atoms with Gasteiger partial charge < -0.3 is 9.80 Å². The van der Waals surface area contributed by atoms with E-state index in [2.05, 4.69) is 56.9 Å². The van der Waals surface area contributed by atoms with Crippen molar-refractivity contribution in [3.8, 4) is 0 Å². The first kappa shape index (κ1) is 18.5. The standard InChI is InChI=1S/C19H29N7/c1-6-16-17(7-2)23-24-19(22-16)25(5)15-8-10-26(11-9-15)18-12-13(3)20-14(4)21-18/h12,15H,6-11H2,1-5H3. The van der Waals surface area contributed by atoms with E-state index < -0.39 is 0 Å². The Morgan fingerprint density at radius 2 is 1.69 bits per heavy atom. The largest absolute Gasteiger partial charge is 0.356 e. The Labute approximate surface area is 155 Å². The average molecular weight is 355 g/mol. The zero-order valence-electron chi connectivity index (χ0n) is 16.5. The third kappa shape index (κ3) is 3.92. The van der Waals surface area contributed by atoms with Gasteiger partial charge in [0.2, 0.25) is 5.95 Å². The van der Waals surface area contributed by atoms with Crippen LogP contribution in [-0.4, -0.2) is 51.3 Å². The molecule has 0 bridgehead atoms. The lowest BCUT2D eigenvalue weighted by Crippen LogP contribution is -2.44. The van der Waals surface area contributed by atoms with Crippen molar-refractivity contribution in [2.24, 2.45) is 0 Å². The maximum atomic E-state index is 4.76. The monoisotopic (exact) mass is 355 g/mol. The van der Waals surface area contributed by atoms with Crippen molar-refractivity contribution in [2.75, 3.05) is 29.9 Å². The number of aromatic nitrogens is 5. The molecule has 1 aliphatic rings. The Hall–Kier alpha value is -2.31. The second-order valence-electron chi connectivity index (χ2n) is 6.96. The summed E-state index contributed by atoms with van der Waals surface area (Å²) in [4.78, 5) is 18.3. The molecule has 0 saturated carbocycles. The molecule has 0 atom stereocenters. The van der Waals surface area contributed by atoms with Gasteiger partial charge in [0.05, 0.1) is 11.4 Å². The van der Waals surface area contributed by atoms with Gasteiger partial charge in [-0.1, -0.05) is 13.8 Å². The molecule has 0 unspecified atom stereocenters. The summed E-state index contributed by atoms with van der Waals surface area (Å²) in [5.74, 6) is 2.61. The topological polar surface area (TPSA) is 70.9 Å². The summed E-state index contributed by atoms with van der Waals surface area (Å²) in [6, 6.07) is 2.50. The van der Waals surface area contributed by atoms with E-state index in [1.807, 2.05) is 13.8 Å². The predicted octanol–water partition coefficient (Wildman–Crippen LogP) is 2.51. The Bertz CT molecular complexity index is 733. The lowest BCUT2D eigenvalue weighted by molar-refractivity contribution is 0.473. The molecule has 0 N–H and O–H groups in total. The van der Waals surface area contributed by atoms with Crippen molar-refractivity contribution >= 4 is 11.8 Å². The van der Waals surface area contributed by atoms with E-state index in [9.17, 15) is 0 Å². The summed E-state index contributed by atoms with van der Waals surface area (Å²) < 4.78 is 0. The van der Waals surface area contributed by atoms with Crippen molar-refractivity contribution in [1.29, 1.82) is 0 Å². The van der Waals surface area contributed by atoms with Crippen LogP contribution in [-0.2, 0) is 12.8 Å². The van der Waals surface area contributed by atoms with Crippen LogP contribution < -0.4 is 9.80 Å². The van der Waals surface area contributed by atoms with E-state index in [1.165, 1.54) is 0 Å². The van der Waals surface area contributed by atoms with Crippen molar-refractivity contribution in [2.45, 2.75) is 59.4 Å². The van der Waals surface area contributed by atoms with Gasteiger partial charge in [-0.2, -0.15) is 5.10 Å². The summed E-state index contributed by atoms with van der Waals surface area (Å²) in [7, 11) is 2.08. The molecule has 3 heterocycles. The number of piperidine rings is 1. The summed E-state index contributed by atoms with van der Waals surface area (Å²) in [5, 5.41) is 8.75. The number of aryl methyl sites for hydroxylation is 4. The zero-order valence-corrected chi connectivity index (χ0v) is 16.5. The van der Waals surface area contributed by atoms with Crippen LogP contribution in [0.3, 0.4) is 0 Å². The van der Waals surface area contributed by atoms with Gasteiger partial charge in [0.25, 0.3) is 0 Å². The fourth-order valence-electron chi connectivity index (χ4n) is 3.58. The molecule has 1 aliphatic heterocycles. The first-order chi connectivity index (χ1) is 12.5. The Morgan fingerprint density at radius 1 is 1.00 bits per heavy atom. The molecule has 2 aromatic rings. The van der Waals surface area contributed by atoms with Crippen molar-refractivity contribution < 1.29 is 0 Å². The van der Waals surface area contributed by atoms with Crippen LogP contribution in [0.4, 0.5) is 11.8 Å². The van der Waals surface area contributed by atoms with Crippen LogP contribution in [0.2, 0.25) is 0 Å². The highest BCUT2D eigenvalue weighted by Crippen LogP contribution is 2.23. The molecule has 140 valence electrons. The van der Waals surface area contributed by atoms with Crippen LogP contribution in [0.15, 0.2) is 6.07 Å². The molecule has 2 aromatic heterocycles. The molecule has 7 nitrogen and oxygen atoms in total. The van der Waals surface area contributed by atoms with E-state index in [0.29, 0.717) is 6.04 Å². The van der Waals surface area contributed by atoms with Crippen molar-refractivity contribution in [3.63, 3.8) is 0 Å². The van der Waals surface area contributed by atoms with Crippen LogP contribution in [0, 0.1) is 13.8 Å². The molecule has 1 fully saturated rings. The Kier molecular flexibility index (Phi) is 5.64. The quantitative estimate of drug-likeness (QED) is 0.816. The van der Waals surface area contributed by atoms with E-state index in [1.54, 1.807) is 0 Å². The first-order valence-electron chi connectivity index (χ1n) is 9.54. The maximum absolute atomic E-state index is 4.76. The van der Waals surface area contributed by atoms with Crippen LogP contribution in [0.25, 0.3) is 0 Å². The average Bonchev–Trinajstić information content (AvgIpc) is 2.66. The summed E-state index contributed by atoms with van der Waals surface area (Å²) >= 11 is 0. The van der Waals surface area contributed by atoms with Crippen molar-refractivity contribution in [1.82, 2.24) is 25.1 Å². The Morgan fingerprint density at radius 3 is 2.31 bits per heavy atom. The van der Waals surface area contributed by atoms with Gasteiger partial charge in [-0.25, -0.2) is 15.0 Å². The second kappa shape index (κ2) is 7.93. The highest BCUT2D eigenvalue weighted by Gasteiger charge is 2.25. The number of nitrogens with zero attached hydrogens (tertiary/aromatic N) is 7. The van der Waals surface area contributed by atoms with Gasteiger partial charge in [-0.05, 0) is 39.5 Å². The van der Waals surface area contributed by atoms with Crippen molar-refractivity contribution in [3.05, 3.63) is 29.0 Å². The lowest BCUT2D eigenvalue weighted by Gasteiger charge is -2.37. The number of rotatable bonds is 5. The molecule has 26 heavy (non-hydrogen) atoms. The van der Waals surface area contributed by atoms with E-state index in [-0.39, 0.29) is 0 Å². The number of hydrogen-bond acceptors (Lipinski definition) is 7. The molecule has 3 rings (SSSR count). The fourth-order valence-corrected chi connectivity index (χ4v) is 3.58. The third-order valence-electron chi connectivity index (χ3n) is 5.10. The number of hydrogen-bond donors (Lipinski definition) is 0. The van der Waals surface area contributed by atoms with E-state index in [0.717, 1.165) is 73.4 Å². The van der Waals surface area contributed by atoms with E-state index >= 15 is 0 Å². The molecule has 0 radical (unpaired) electrons. The fraction of sp³-hybridized carbons (Fsp3) is 0.632. The molecule has 0 aliphatic carbocycles. The van der Waals surface area contributed by atoms with Gasteiger partial charge in [-0.15, -0.1) is 5.10 Å². The van der Waals surface area contributed by atoms with Gasteiger partial charge in [0.1, 0.15) is 11.6 Å². The maximum Gasteiger partial charge on any atom is 0.245 e. The summed E-state index contributed by atoms with van der Waals surface area (Å²) in [6.45, 7) is 10.1. The zero-order chi connectivity index (χ0) is 18.7. The molecule has 7 heteroatoms. The van der Waals surface area contributed by atoms with Crippen LogP contribution in [0.1, 0.15) is 49.6 Å². The van der Waals surface area contributed by atoms with Crippen LogP contribution >= 0.6 is 0 Å². The molecule has 1 saturated heterocycles. The summed E-state index contributed by atoms with van der Waals surface area (Å²) in [6.07, 6.45) is 3.88. The SMILES string of the molecule is CCc1nnc(N(C)C2CCN(c3cc(C)nc(C)n3)CC2)nc1CC. The third-order valence-corrected chi connectivity index (χ3v) is 5.10. The lowest BCUT2D eigenvalue weighted by atomic mass is 10.0. The van der Waals surface area contributed by atoms with E-state index in [4.69, 9.17) is 4.98 Å². The van der Waals surface area contributed by atoms with Crippen LogP contribution in [0.5, 0.6) is 0 Å². The highest BCUT2D eigenvalue weighted by molar-refractivity contribution is 5.41. The number of anilines is 2. The molecule has 0 amide bonds. The first-order valence-corrected chi connectivity index (χ1v) is 9.54. The predicted molar refractivity (Wildman–Crippen MR) is 104 cm³/mol. The minimum absolute atomic E-state index is 0.425. The summed E-state index contributed by atoms with van der Waals surface area (Å²) in [5.41, 5.74) is 3.09. The van der Waals surface area contributed by atoms with Gasteiger partial charge in [0, 0.05) is 37.9 Å². The molecular weight excluding hydrogens is 326 g/mol. The minimum Gasteiger partial charge on any atom is -0.356 e. The normalized spacial score (nSPS) is 15.3. The Balaban J connectivity index is 1.67. The highest BCUT2D eigenvalue weighted by atomic mass is 15.3. The minimum atomic E-state index is 0.425. The van der Waals surface area contributed by atoms with Gasteiger partial charge in [-0.3, -0.25) is 0 Å².